The monoisotopic (exact) mass is 524 g/mol. The fourth-order valence-electron chi connectivity index (χ4n) is 5.03. The number of halogens is 1. The van der Waals surface area contributed by atoms with Gasteiger partial charge in [-0.25, -0.2) is 9.59 Å². The standard InChI is InChI=1S/C28H33ClN4O4/c1-4-32-23(24(27(35)37-5-2)25(30-28(32)36)20-11-7-6-8-12-20)18-31-15-16-33(19(3)17-31)26(34)21-13-9-10-14-22(21)29/h6-14,19,25H,4-5,15-18H2,1-3H3,(H,30,36)/t19-,25-/m0/s1. The number of nitrogens with zero attached hydrogens (tertiary/aromatic N) is 3. The summed E-state index contributed by atoms with van der Waals surface area (Å²) in [6.45, 7) is 8.37. The summed E-state index contributed by atoms with van der Waals surface area (Å²) in [5.41, 5.74) is 2.38. The lowest BCUT2D eigenvalue weighted by atomic mass is 9.94. The highest BCUT2D eigenvalue weighted by Gasteiger charge is 2.39. The smallest absolute Gasteiger partial charge is 0.338 e. The Labute approximate surface area is 222 Å². The van der Waals surface area contributed by atoms with Gasteiger partial charge in [0.15, 0.2) is 0 Å². The van der Waals surface area contributed by atoms with Gasteiger partial charge in [0.25, 0.3) is 5.91 Å². The van der Waals surface area contributed by atoms with E-state index in [9.17, 15) is 14.4 Å². The Kier molecular flexibility index (Phi) is 8.51. The van der Waals surface area contributed by atoms with Crippen molar-refractivity contribution in [1.29, 1.82) is 0 Å². The van der Waals surface area contributed by atoms with Gasteiger partial charge in [0.2, 0.25) is 0 Å². The molecule has 0 aliphatic carbocycles. The van der Waals surface area contributed by atoms with Crippen molar-refractivity contribution in [3.63, 3.8) is 0 Å². The van der Waals surface area contributed by atoms with E-state index in [1.165, 1.54) is 0 Å². The Morgan fingerprint density at radius 3 is 2.41 bits per heavy atom. The molecule has 0 saturated carbocycles. The second kappa shape index (κ2) is 11.8. The zero-order valence-electron chi connectivity index (χ0n) is 21.4. The number of carbonyl (C=O) groups is 3. The third-order valence-corrected chi connectivity index (χ3v) is 7.16. The molecule has 8 nitrogen and oxygen atoms in total. The normalized spacial score (nSPS) is 20.6. The molecule has 2 aromatic rings. The molecule has 37 heavy (non-hydrogen) atoms. The Balaban J connectivity index is 1.62. The van der Waals surface area contributed by atoms with Crippen molar-refractivity contribution in [2.24, 2.45) is 0 Å². The van der Waals surface area contributed by atoms with Crippen LogP contribution >= 0.6 is 11.6 Å². The van der Waals surface area contributed by atoms with Crippen molar-refractivity contribution >= 4 is 29.5 Å². The van der Waals surface area contributed by atoms with E-state index >= 15 is 0 Å². The molecule has 1 N–H and O–H groups in total. The predicted octanol–water partition coefficient (Wildman–Crippen LogP) is 4.09. The fraction of sp³-hybridized carbons (Fsp3) is 0.393. The summed E-state index contributed by atoms with van der Waals surface area (Å²) in [5, 5.41) is 3.42. The molecule has 0 spiro atoms. The first-order chi connectivity index (χ1) is 17.8. The van der Waals surface area contributed by atoms with Crippen molar-refractivity contribution in [2.75, 3.05) is 39.3 Å². The first kappa shape index (κ1) is 26.7. The first-order valence-corrected chi connectivity index (χ1v) is 13.0. The number of urea groups is 1. The molecule has 2 aliphatic rings. The molecule has 2 atom stereocenters. The summed E-state index contributed by atoms with van der Waals surface area (Å²) < 4.78 is 5.45. The third kappa shape index (κ3) is 5.65. The molecule has 3 amide bonds. The lowest BCUT2D eigenvalue weighted by molar-refractivity contribution is -0.139. The van der Waals surface area contributed by atoms with Crippen LogP contribution < -0.4 is 5.32 Å². The number of rotatable bonds is 7. The minimum atomic E-state index is -0.605. The average Bonchev–Trinajstić information content (AvgIpc) is 2.89. The molecule has 2 heterocycles. The minimum Gasteiger partial charge on any atom is -0.463 e. The van der Waals surface area contributed by atoms with E-state index in [2.05, 4.69) is 10.2 Å². The van der Waals surface area contributed by atoms with Gasteiger partial charge in [-0.3, -0.25) is 14.6 Å². The van der Waals surface area contributed by atoms with Gasteiger partial charge in [0, 0.05) is 44.5 Å². The summed E-state index contributed by atoms with van der Waals surface area (Å²) in [4.78, 5) is 45.2. The topological polar surface area (TPSA) is 82.2 Å². The fourth-order valence-corrected chi connectivity index (χ4v) is 5.25. The van der Waals surface area contributed by atoms with Crippen molar-refractivity contribution in [1.82, 2.24) is 20.0 Å². The van der Waals surface area contributed by atoms with Crippen LogP contribution in [0.4, 0.5) is 4.79 Å². The highest BCUT2D eigenvalue weighted by molar-refractivity contribution is 6.33. The van der Waals surface area contributed by atoms with Gasteiger partial charge in [-0.05, 0) is 38.5 Å². The molecule has 1 saturated heterocycles. The molecular weight excluding hydrogens is 492 g/mol. The van der Waals surface area contributed by atoms with Gasteiger partial charge < -0.3 is 15.0 Å². The van der Waals surface area contributed by atoms with Crippen molar-refractivity contribution in [2.45, 2.75) is 32.9 Å². The molecule has 4 rings (SSSR count). The highest BCUT2D eigenvalue weighted by atomic mass is 35.5. The van der Waals surface area contributed by atoms with Crippen LogP contribution in [0, 0.1) is 0 Å². The van der Waals surface area contributed by atoms with E-state index in [0.29, 0.717) is 54.6 Å². The summed E-state index contributed by atoms with van der Waals surface area (Å²) in [6, 6.07) is 15.6. The lowest BCUT2D eigenvalue weighted by Gasteiger charge is -2.43. The van der Waals surface area contributed by atoms with Gasteiger partial charge in [0.1, 0.15) is 0 Å². The summed E-state index contributed by atoms with van der Waals surface area (Å²) in [7, 11) is 0. The van der Waals surface area contributed by atoms with Gasteiger partial charge in [-0.15, -0.1) is 0 Å². The van der Waals surface area contributed by atoms with E-state index in [4.69, 9.17) is 16.3 Å². The van der Waals surface area contributed by atoms with Crippen molar-refractivity contribution < 1.29 is 19.1 Å². The molecule has 9 heteroatoms. The van der Waals surface area contributed by atoms with Gasteiger partial charge in [0.05, 0.1) is 28.8 Å². The minimum absolute atomic E-state index is 0.0819. The van der Waals surface area contributed by atoms with Gasteiger partial charge in [-0.2, -0.15) is 0 Å². The van der Waals surface area contributed by atoms with Crippen LogP contribution in [0.1, 0.15) is 42.7 Å². The average molecular weight is 525 g/mol. The molecule has 1 fully saturated rings. The summed E-state index contributed by atoms with van der Waals surface area (Å²) in [5.74, 6) is -0.536. The zero-order chi connectivity index (χ0) is 26.5. The predicted molar refractivity (Wildman–Crippen MR) is 142 cm³/mol. The van der Waals surface area contributed by atoms with E-state index < -0.39 is 12.0 Å². The first-order valence-electron chi connectivity index (χ1n) is 12.7. The number of amides is 3. The number of ether oxygens (including phenoxy) is 1. The van der Waals surface area contributed by atoms with Crippen LogP contribution in [0.15, 0.2) is 65.9 Å². The lowest BCUT2D eigenvalue weighted by Crippen LogP contribution is -2.56. The van der Waals surface area contributed by atoms with Crippen molar-refractivity contribution in [3.8, 4) is 0 Å². The second-order valence-corrected chi connectivity index (χ2v) is 9.59. The zero-order valence-corrected chi connectivity index (χ0v) is 22.2. The molecule has 2 aromatic carbocycles. The van der Waals surface area contributed by atoms with Gasteiger partial charge >= 0.3 is 12.0 Å². The molecular formula is C28H33ClN4O4. The Hall–Kier alpha value is -3.36. The maximum absolute atomic E-state index is 13.3. The second-order valence-electron chi connectivity index (χ2n) is 9.18. The Bertz CT molecular complexity index is 1190. The Morgan fingerprint density at radius 1 is 1.05 bits per heavy atom. The number of nitrogens with one attached hydrogen (secondary N) is 1. The van der Waals surface area contributed by atoms with Crippen LogP contribution in [0.5, 0.6) is 0 Å². The third-order valence-electron chi connectivity index (χ3n) is 6.83. The van der Waals surface area contributed by atoms with Crippen LogP contribution in [0.2, 0.25) is 5.02 Å². The number of piperazine rings is 1. The van der Waals surface area contributed by atoms with Crippen LogP contribution in [-0.2, 0) is 9.53 Å². The number of carbonyl (C=O) groups excluding carboxylic acids is 3. The molecule has 0 radical (unpaired) electrons. The van der Waals surface area contributed by atoms with Crippen LogP contribution in [0.25, 0.3) is 0 Å². The molecule has 196 valence electrons. The number of hydrogen-bond donors (Lipinski definition) is 1. The summed E-state index contributed by atoms with van der Waals surface area (Å²) in [6.07, 6.45) is 0. The van der Waals surface area contributed by atoms with E-state index in [1.807, 2.05) is 49.1 Å². The van der Waals surface area contributed by atoms with Crippen LogP contribution in [-0.4, -0.2) is 78.0 Å². The molecule has 0 unspecified atom stereocenters. The largest absolute Gasteiger partial charge is 0.463 e. The number of likely N-dealkylation sites (N-methyl/N-ethyl adjacent to an activating group) is 1. The van der Waals surface area contributed by atoms with Gasteiger partial charge in [-0.1, -0.05) is 54.1 Å². The van der Waals surface area contributed by atoms with Crippen molar-refractivity contribution in [3.05, 3.63) is 82.0 Å². The van der Waals surface area contributed by atoms with E-state index in [1.54, 1.807) is 36.1 Å². The van der Waals surface area contributed by atoms with E-state index in [0.717, 1.165) is 5.56 Å². The molecule has 0 aromatic heterocycles. The maximum atomic E-state index is 13.3. The number of hydrogen-bond acceptors (Lipinski definition) is 5. The van der Waals surface area contributed by atoms with E-state index in [-0.39, 0.29) is 24.6 Å². The highest BCUT2D eigenvalue weighted by Crippen LogP contribution is 2.32. The molecule has 0 bridgehead atoms. The van der Waals surface area contributed by atoms with Crippen LogP contribution in [0.3, 0.4) is 0 Å². The Morgan fingerprint density at radius 2 is 1.76 bits per heavy atom. The molecule has 2 aliphatic heterocycles. The number of benzene rings is 2. The quantitative estimate of drug-likeness (QED) is 0.552. The SMILES string of the molecule is CCOC(=O)C1=C(CN2CCN(C(=O)c3ccccc3Cl)[C@@H](C)C2)N(CC)C(=O)N[C@H]1c1ccccc1. The summed E-state index contributed by atoms with van der Waals surface area (Å²) >= 11 is 6.27. The number of esters is 1. The maximum Gasteiger partial charge on any atom is 0.338 e.